The van der Waals surface area contributed by atoms with E-state index in [2.05, 4.69) is 20.3 Å². The van der Waals surface area contributed by atoms with Crippen LogP contribution < -0.4 is 27.5 Å². The molecule has 2 heterocycles. The Hall–Kier alpha value is -2.42. The van der Waals surface area contributed by atoms with Crippen molar-refractivity contribution in [3.05, 3.63) is 45.2 Å². The molecule has 0 saturated carbocycles. The SMILES string of the molecule is Cc1[nH]c(C(=O)Nc2ccc(/C(N)=N/N)cc2N2CCCC(CN)C2)c(Cl)c1Cl. The van der Waals surface area contributed by atoms with Crippen molar-refractivity contribution in [1.29, 1.82) is 0 Å². The third-order valence-corrected chi connectivity index (χ3v) is 6.10. The highest BCUT2D eigenvalue weighted by Crippen LogP contribution is 2.33. The Morgan fingerprint density at radius 2 is 2.14 bits per heavy atom. The molecule has 0 bridgehead atoms. The molecule has 0 spiro atoms. The topological polar surface area (TPSA) is 139 Å². The number of hydrogen-bond donors (Lipinski definition) is 5. The van der Waals surface area contributed by atoms with Crippen molar-refractivity contribution in [3.8, 4) is 0 Å². The highest BCUT2D eigenvalue weighted by molar-refractivity contribution is 6.44. The van der Waals surface area contributed by atoms with Crippen molar-refractivity contribution in [3.63, 3.8) is 0 Å². The first kappa shape index (κ1) is 21.3. The number of aromatic amines is 1. The Kier molecular flexibility index (Phi) is 6.56. The summed E-state index contributed by atoms with van der Waals surface area (Å²) < 4.78 is 0. The fourth-order valence-corrected chi connectivity index (χ4v) is 3.94. The predicted octanol–water partition coefficient (Wildman–Crippen LogP) is 2.64. The summed E-state index contributed by atoms with van der Waals surface area (Å²) in [5, 5.41) is 7.02. The zero-order chi connectivity index (χ0) is 21.1. The second kappa shape index (κ2) is 8.94. The number of hydrogen-bond acceptors (Lipinski definition) is 5. The van der Waals surface area contributed by atoms with E-state index in [0.29, 0.717) is 34.4 Å². The highest BCUT2D eigenvalue weighted by Gasteiger charge is 2.24. The van der Waals surface area contributed by atoms with Crippen LogP contribution in [0.15, 0.2) is 23.3 Å². The molecule has 1 aliphatic rings. The van der Waals surface area contributed by atoms with Gasteiger partial charge in [0.2, 0.25) is 0 Å². The zero-order valence-corrected chi connectivity index (χ0v) is 17.6. The standard InChI is InChI=1S/C19H25Cl2N7O/c1-10-15(20)16(21)17(25-10)19(29)26-13-5-4-12(18(23)27-24)7-14(13)28-6-2-3-11(8-22)9-28/h4-5,7,11,25H,2-3,6,8-9,22,24H2,1H3,(H2,23,27)(H,26,29). The van der Waals surface area contributed by atoms with E-state index in [1.165, 1.54) is 0 Å². The number of aryl methyl sites for hydroxylation is 1. The molecule has 1 saturated heterocycles. The first-order chi connectivity index (χ1) is 13.8. The van der Waals surface area contributed by atoms with Gasteiger partial charge in [-0.25, -0.2) is 0 Å². The minimum atomic E-state index is -0.383. The van der Waals surface area contributed by atoms with E-state index in [1.807, 2.05) is 6.07 Å². The molecule has 0 aliphatic carbocycles. The number of aromatic nitrogens is 1. The van der Waals surface area contributed by atoms with E-state index in [9.17, 15) is 4.79 Å². The van der Waals surface area contributed by atoms with E-state index in [-0.39, 0.29) is 22.5 Å². The van der Waals surface area contributed by atoms with Crippen LogP contribution >= 0.6 is 23.2 Å². The summed E-state index contributed by atoms with van der Waals surface area (Å²) in [7, 11) is 0. The van der Waals surface area contributed by atoms with E-state index >= 15 is 0 Å². The predicted molar refractivity (Wildman–Crippen MR) is 119 cm³/mol. The number of benzene rings is 1. The Balaban J connectivity index is 1.96. The van der Waals surface area contributed by atoms with Gasteiger partial charge in [-0.05, 0) is 50.4 Å². The highest BCUT2D eigenvalue weighted by atomic mass is 35.5. The number of amides is 1. The average Bonchev–Trinajstić information content (AvgIpc) is 3.00. The van der Waals surface area contributed by atoms with Crippen molar-refractivity contribution < 1.29 is 4.79 Å². The van der Waals surface area contributed by atoms with Crippen LogP contribution in [0.1, 0.15) is 34.6 Å². The molecular formula is C19H25Cl2N7O. The summed E-state index contributed by atoms with van der Waals surface area (Å²) in [4.78, 5) is 18.0. The molecule has 1 atom stereocenters. The second-order valence-corrected chi connectivity index (χ2v) is 7.90. The van der Waals surface area contributed by atoms with Crippen LogP contribution in [-0.2, 0) is 0 Å². The molecule has 8 nitrogen and oxygen atoms in total. The molecular weight excluding hydrogens is 413 g/mol. The van der Waals surface area contributed by atoms with Crippen LogP contribution in [0.25, 0.3) is 0 Å². The maximum absolute atomic E-state index is 12.8. The van der Waals surface area contributed by atoms with Crippen LogP contribution in [-0.4, -0.2) is 36.4 Å². The molecule has 1 aromatic carbocycles. The third kappa shape index (κ3) is 4.44. The summed E-state index contributed by atoms with van der Waals surface area (Å²) >= 11 is 12.3. The van der Waals surface area contributed by atoms with Gasteiger partial charge in [-0.1, -0.05) is 23.2 Å². The number of nitrogens with two attached hydrogens (primary N) is 3. The number of carbonyl (C=O) groups excluding carboxylic acids is 1. The van der Waals surface area contributed by atoms with E-state index in [4.69, 9.17) is 40.5 Å². The number of carbonyl (C=O) groups is 1. The van der Waals surface area contributed by atoms with E-state index in [1.54, 1.807) is 19.1 Å². The normalized spacial score (nSPS) is 17.4. The van der Waals surface area contributed by atoms with Gasteiger partial charge in [0.1, 0.15) is 11.5 Å². The molecule has 1 aromatic heterocycles. The Bertz CT molecular complexity index is 941. The Morgan fingerprint density at radius 3 is 2.76 bits per heavy atom. The number of halogens is 2. The summed E-state index contributed by atoms with van der Waals surface area (Å²) in [6, 6.07) is 5.40. The quantitative estimate of drug-likeness (QED) is 0.211. The number of hydrazone groups is 1. The third-order valence-electron chi connectivity index (χ3n) is 5.15. The molecule has 8 N–H and O–H groups in total. The fourth-order valence-electron chi connectivity index (χ4n) is 3.52. The number of H-pyrrole nitrogens is 1. The van der Waals surface area contributed by atoms with Crippen LogP contribution in [0.5, 0.6) is 0 Å². The number of rotatable bonds is 5. The molecule has 0 radical (unpaired) electrons. The van der Waals surface area contributed by atoms with Gasteiger partial charge in [-0.2, -0.15) is 5.10 Å². The summed E-state index contributed by atoms with van der Waals surface area (Å²) in [6.07, 6.45) is 2.09. The number of amidine groups is 1. The minimum Gasteiger partial charge on any atom is -0.382 e. The number of anilines is 2. The molecule has 2 aromatic rings. The van der Waals surface area contributed by atoms with Gasteiger partial charge in [0.25, 0.3) is 5.91 Å². The van der Waals surface area contributed by atoms with Crippen LogP contribution in [0.2, 0.25) is 10.0 Å². The van der Waals surface area contributed by atoms with Crippen molar-refractivity contribution in [2.45, 2.75) is 19.8 Å². The van der Waals surface area contributed by atoms with Gasteiger partial charge in [-0.3, -0.25) is 4.79 Å². The van der Waals surface area contributed by atoms with Gasteiger partial charge >= 0.3 is 0 Å². The molecule has 1 fully saturated rings. The van der Waals surface area contributed by atoms with Gasteiger partial charge in [0.05, 0.1) is 21.4 Å². The lowest BCUT2D eigenvalue weighted by atomic mass is 9.97. The lowest BCUT2D eigenvalue weighted by Gasteiger charge is -2.35. The van der Waals surface area contributed by atoms with Crippen LogP contribution in [0, 0.1) is 12.8 Å². The maximum Gasteiger partial charge on any atom is 0.273 e. The largest absolute Gasteiger partial charge is 0.382 e. The molecule has 1 amide bonds. The van der Waals surface area contributed by atoms with Crippen LogP contribution in [0.4, 0.5) is 11.4 Å². The van der Waals surface area contributed by atoms with Crippen molar-refractivity contribution in [2.24, 2.45) is 28.3 Å². The van der Waals surface area contributed by atoms with Crippen molar-refractivity contribution in [1.82, 2.24) is 4.98 Å². The monoisotopic (exact) mass is 437 g/mol. The number of nitrogens with zero attached hydrogens (tertiary/aromatic N) is 2. The zero-order valence-electron chi connectivity index (χ0n) is 16.1. The first-order valence-corrected chi connectivity index (χ1v) is 10.1. The van der Waals surface area contributed by atoms with Crippen LogP contribution in [0.3, 0.4) is 0 Å². The molecule has 10 heteroatoms. The first-order valence-electron chi connectivity index (χ1n) is 9.33. The fraction of sp³-hybridized carbons (Fsp3) is 0.368. The molecule has 29 heavy (non-hydrogen) atoms. The van der Waals surface area contributed by atoms with Gasteiger partial charge in [-0.15, -0.1) is 0 Å². The van der Waals surface area contributed by atoms with E-state index < -0.39 is 0 Å². The molecule has 3 rings (SSSR count). The lowest BCUT2D eigenvalue weighted by molar-refractivity contribution is 0.102. The molecule has 1 unspecified atom stereocenters. The number of piperidine rings is 1. The van der Waals surface area contributed by atoms with Gasteiger partial charge < -0.3 is 32.5 Å². The minimum absolute atomic E-state index is 0.195. The number of nitrogens with one attached hydrogen (secondary N) is 2. The summed E-state index contributed by atoms with van der Waals surface area (Å²) in [6.45, 7) is 3.99. The van der Waals surface area contributed by atoms with Crippen molar-refractivity contribution >= 4 is 46.3 Å². The molecule has 156 valence electrons. The summed E-state index contributed by atoms with van der Waals surface area (Å²) in [5.41, 5.74) is 14.7. The van der Waals surface area contributed by atoms with Gasteiger partial charge in [0, 0.05) is 24.3 Å². The maximum atomic E-state index is 12.8. The van der Waals surface area contributed by atoms with Crippen molar-refractivity contribution in [2.75, 3.05) is 29.9 Å². The second-order valence-electron chi connectivity index (χ2n) is 7.14. The van der Waals surface area contributed by atoms with E-state index in [0.717, 1.165) is 31.6 Å². The Morgan fingerprint density at radius 1 is 1.38 bits per heavy atom. The Labute approximate surface area is 179 Å². The molecule has 1 aliphatic heterocycles. The smallest absolute Gasteiger partial charge is 0.273 e. The lowest BCUT2D eigenvalue weighted by Crippen LogP contribution is -2.39. The average molecular weight is 438 g/mol. The summed E-state index contributed by atoms with van der Waals surface area (Å²) in [5.74, 6) is 5.55. The van der Waals surface area contributed by atoms with Gasteiger partial charge in [0.15, 0.2) is 0 Å².